The molecule has 5 unspecified atom stereocenters. The number of halogens is 2. The van der Waals surface area contributed by atoms with Gasteiger partial charge in [-0.25, -0.2) is 8.78 Å². The fourth-order valence-electron chi connectivity index (χ4n) is 5.32. The molecular weight excluding hydrogens is 418 g/mol. The van der Waals surface area contributed by atoms with Gasteiger partial charge in [0.2, 0.25) is 0 Å². The molecule has 3 aromatic rings. The Hall–Kier alpha value is -3.07. The number of rotatable bonds is 4. The number of benzene rings is 2. The van der Waals surface area contributed by atoms with Crippen molar-refractivity contribution in [3.05, 3.63) is 89.2 Å². The first-order valence-electron chi connectivity index (χ1n) is 10.2. The molecule has 6 nitrogen and oxygen atoms in total. The van der Waals surface area contributed by atoms with Crippen LogP contribution in [0.25, 0.3) is 0 Å². The summed E-state index contributed by atoms with van der Waals surface area (Å²) < 4.78 is 38.3. The molecule has 1 saturated carbocycles. The van der Waals surface area contributed by atoms with E-state index < -0.39 is 35.7 Å². The molecule has 0 spiro atoms. The molecule has 4 N–H and O–H groups in total. The second kappa shape index (κ2) is 7.23. The second-order valence-electron chi connectivity index (χ2n) is 8.15. The number of nitrogens with two attached hydrogens (primary N) is 1. The average Bonchev–Trinajstić information content (AvgIpc) is 3.18. The van der Waals surface area contributed by atoms with Crippen molar-refractivity contribution in [1.29, 1.82) is 0 Å². The lowest BCUT2D eigenvalue weighted by Crippen LogP contribution is -2.52. The van der Waals surface area contributed by atoms with E-state index in [-0.39, 0.29) is 22.6 Å². The number of fused-ring (bicyclic) bond motifs is 3. The normalized spacial score (nSPS) is 30.7. The van der Waals surface area contributed by atoms with Crippen LogP contribution < -0.4 is 15.2 Å². The highest BCUT2D eigenvalue weighted by Crippen LogP contribution is 2.67. The minimum Gasteiger partial charge on any atom is -0.495 e. The quantitative estimate of drug-likeness (QED) is 0.577. The maximum atomic E-state index is 13.2. The molecule has 32 heavy (non-hydrogen) atoms. The van der Waals surface area contributed by atoms with Crippen molar-refractivity contribution in [2.75, 3.05) is 7.11 Å². The van der Waals surface area contributed by atoms with E-state index in [0.717, 1.165) is 5.56 Å². The molecule has 1 aliphatic heterocycles. The van der Waals surface area contributed by atoms with Crippen LogP contribution in [0, 0.1) is 0 Å². The Balaban J connectivity index is 1.82. The first-order chi connectivity index (χ1) is 15.4. The molecule has 8 heteroatoms. The van der Waals surface area contributed by atoms with Crippen LogP contribution in [0.15, 0.2) is 67.0 Å². The van der Waals surface area contributed by atoms with Crippen molar-refractivity contribution in [1.82, 2.24) is 4.98 Å². The van der Waals surface area contributed by atoms with Crippen molar-refractivity contribution in [3.8, 4) is 11.5 Å². The first kappa shape index (κ1) is 20.8. The predicted molar refractivity (Wildman–Crippen MR) is 112 cm³/mol. The average molecular weight is 440 g/mol. The Morgan fingerprint density at radius 2 is 1.78 bits per heavy atom. The number of ether oxygens (including phenoxy) is 2. The van der Waals surface area contributed by atoms with Gasteiger partial charge in [0.1, 0.15) is 17.6 Å². The van der Waals surface area contributed by atoms with Gasteiger partial charge in [0.25, 0.3) is 6.43 Å². The number of alkyl halides is 2. The minimum absolute atomic E-state index is 0.164. The highest BCUT2D eigenvalue weighted by molar-refractivity contribution is 5.59. The Bertz CT molecular complexity index is 1140. The molecule has 0 amide bonds. The number of nitrogens with zero attached hydrogens (tertiary/aromatic N) is 1. The van der Waals surface area contributed by atoms with Crippen LogP contribution >= 0.6 is 0 Å². The summed E-state index contributed by atoms with van der Waals surface area (Å²) in [6.45, 7) is 0. The summed E-state index contributed by atoms with van der Waals surface area (Å²) in [4.78, 5) is 4.12. The van der Waals surface area contributed by atoms with Gasteiger partial charge < -0.3 is 25.4 Å². The maximum absolute atomic E-state index is 13.2. The molecule has 1 aromatic heterocycles. The summed E-state index contributed by atoms with van der Waals surface area (Å²) in [7, 11) is 1.42. The minimum atomic E-state index is -2.65. The van der Waals surface area contributed by atoms with E-state index >= 15 is 0 Å². The summed E-state index contributed by atoms with van der Waals surface area (Å²) in [5.41, 5.74) is 4.09. The molecule has 2 aromatic carbocycles. The lowest BCUT2D eigenvalue weighted by atomic mass is 9.71. The summed E-state index contributed by atoms with van der Waals surface area (Å²) >= 11 is 0. The number of aliphatic hydroxyl groups is 2. The van der Waals surface area contributed by atoms with Gasteiger partial charge in [0.15, 0.2) is 11.2 Å². The van der Waals surface area contributed by atoms with Crippen LogP contribution in [0.2, 0.25) is 0 Å². The topological polar surface area (TPSA) is 97.8 Å². The van der Waals surface area contributed by atoms with E-state index in [0.29, 0.717) is 5.56 Å². The highest BCUT2D eigenvalue weighted by atomic mass is 19.3. The van der Waals surface area contributed by atoms with E-state index in [1.807, 2.05) is 30.3 Å². The molecule has 1 fully saturated rings. The van der Waals surface area contributed by atoms with Gasteiger partial charge in [-0.05, 0) is 11.1 Å². The number of pyridine rings is 1. The van der Waals surface area contributed by atoms with E-state index in [1.54, 1.807) is 0 Å². The lowest BCUT2D eigenvalue weighted by Gasteiger charge is -2.40. The van der Waals surface area contributed by atoms with Gasteiger partial charge in [0.05, 0.1) is 25.1 Å². The van der Waals surface area contributed by atoms with E-state index in [9.17, 15) is 19.0 Å². The summed E-state index contributed by atoms with van der Waals surface area (Å²) in [5, 5.41) is 23.6. The standard InChI is InChI=1S/C24H22F2N2O4/c1-31-16-11-28-12-17-19(16)23(30)21(29)20(27)18(13-5-3-2-4-6-13)24(23,32-17)15-9-7-14(8-10-15)22(25)26/h2-12,18,20-22,29-30H,27H2,1H3. The van der Waals surface area contributed by atoms with Crippen molar-refractivity contribution in [2.45, 2.75) is 35.7 Å². The largest absolute Gasteiger partial charge is 0.495 e. The smallest absolute Gasteiger partial charge is 0.263 e. The zero-order chi connectivity index (χ0) is 22.7. The zero-order valence-electron chi connectivity index (χ0n) is 17.2. The fraction of sp³-hybridized carbons (Fsp3) is 0.292. The third kappa shape index (κ3) is 2.51. The first-order valence-corrected chi connectivity index (χ1v) is 10.2. The third-order valence-corrected chi connectivity index (χ3v) is 6.68. The Kier molecular flexibility index (Phi) is 4.70. The molecule has 166 valence electrons. The lowest BCUT2D eigenvalue weighted by molar-refractivity contribution is -0.150. The van der Waals surface area contributed by atoms with E-state index in [4.69, 9.17) is 15.2 Å². The fourth-order valence-corrected chi connectivity index (χ4v) is 5.32. The number of aromatic nitrogens is 1. The van der Waals surface area contributed by atoms with Crippen LogP contribution in [-0.2, 0) is 11.2 Å². The number of aliphatic hydroxyl groups excluding tert-OH is 1. The van der Waals surface area contributed by atoms with Crippen molar-refractivity contribution in [3.63, 3.8) is 0 Å². The van der Waals surface area contributed by atoms with Crippen LogP contribution in [-0.4, -0.2) is 34.5 Å². The summed E-state index contributed by atoms with van der Waals surface area (Å²) in [6.07, 6.45) is -1.23. The maximum Gasteiger partial charge on any atom is 0.263 e. The molecule has 0 saturated heterocycles. The van der Waals surface area contributed by atoms with Crippen molar-refractivity contribution in [2.24, 2.45) is 5.73 Å². The molecule has 0 bridgehead atoms. The van der Waals surface area contributed by atoms with Gasteiger partial charge in [-0.1, -0.05) is 54.6 Å². The number of hydrogen-bond donors (Lipinski definition) is 3. The van der Waals surface area contributed by atoms with Gasteiger partial charge in [-0.2, -0.15) is 0 Å². The van der Waals surface area contributed by atoms with Crippen LogP contribution in [0.4, 0.5) is 8.78 Å². The van der Waals surface area contributed by atoms with Gasteiger partial charge in [-0.3, -0.25) is 4.98 Å². The van der Waals surface area contributed by atoms with Crippen LogP contribution in [0.3, 0.4) is 0 Å². The molecular formula is C24H22F2N2O4. The number of methoxy groups -OCH3 is 1. The van der Waals surface area contributed by atoms with E-state index in [1.165, 1.54) is 43.8 Å². The third-order valence-electron chi connectivity index (χ3n) is 6.68. The second-order valence-corrected chi connectivity index (χ2v) is 8.15. The zero-order valence-corrected chi connectivity index (χ0v) is 17.2. The van der Waals surface area contributed by atoms with Crippen molar-refractivity contribution < 1.29 is 28.5 Å². The predicted octanol–water partition coefficient (Wildman–Crippen LogP) is 2.99. The monoisotopic (exact) mass is 440 g/mol. The summed E-state index contributed by atoms with van der Waals surface area (Å²) in [5.74, 6) is -0.245. The summed E-state index contributed by atoms with van der Waals surface area (Å²) in [6, 6.07) is 13.8. The molecule has 2 aliphatic rings. The Morgan fingerprint density at radius 3 is 2.41 bits per heavy atom. The van der Waals surface area contributed by atoms with Crippen LogP contribution in [0.1, 0.15) is 34.6 Å². The molecule has 5 rings (SSSR count). The SMILES string of the molecule is COc1cncc2c1C1(O)C(O)C(N)C(c3ccccc3)C1(c1ccc(C(F)F)cc1)O2. The molecule has 1 aliphatic carbocycles. The van der Waals surface area contributed by atoms with Crippen LogP contribution in [0.5, 0.6) is 11.5 Å². The highest BCUT2D eigenvalue weighted by Gasteiger charge is 2.76. The van der Waals surface area contributed by atoms with Gasteiger partial charge in [-0.15, -0.1) is 0 Å². The van der Waals surface area contributed by atoms with Gasteiger partial charge >= 0.3 is 0 Å². The van der Waals surface area contributed by atoms with Gasteiger partial charge in [0, 0.05) is 17.5 Å². The Labute approximate surface area is 183 Å². The van der Waals surface area contributed by atoms with E-state index in [2.05, 4.69) is 4.98 Å². The Morgan fingerprint density at radius 1 is 1.09 bits per heavy atom. The molecule has 2 heterocycles. The number of hydrogen-bond acceptors (Lipinski definition) is 6. The molecule has 5 atom stereocenters. The molecule has 0 radical (unpaired) electrons. The van der Waals surface area contributed by atoms with Crippen molar-refractivity contribution >= 4 is 0 Å².